The third-order valence-corrected chi connectivity index (χ3v) is 2.77. The fourth-order valence-electron chi connectivity index (χ4n) is 1.74. The number of isocyanates is 1. The topological polar surface area (TPSA) is 29.4 Å². The quantitative estimate of drug-likeness (QED) is 0.567. The molecule has 1 unspecified atom stereocenters. The second-order valence-corrected chi connectivity index (χ2v) is 4.29. The molecule has 0 bridgehead atoms. The second-order valence-electron chi connectivity index (χ2n) is 4.29. The third-order valence-electron chi connectivity index (χ3n) is 2.77. The van der Waals surface area contributed by atoms with Gasteiger partial charge in [-0.25, -0.2) is 14.2 Å². The number of carbonyl (C=O) groups excluding carboxylic acids is 1. The van der Waals surface area contributed by atoms with Crippen LogP contribution >= 0.6 is 0 Å². The molecule has 0 radical (unpaired) electrons. The summed E-state index contributed by atoms with van der Waals surface area (Å²) >= 11 is 0. The molecule has 0 aromatic heterocycles. The minimum Gasteiger partial charge on any atom is -0.211 e. The van der Waals surface area contributed by atoms with Crippen LogP contribution in [-0.2, 0) is 4.79 Å². The maximum atomic E-state index is 13.1. The first-order valence-electron chi connectivity index (χ1n) is 5.36. The molecule has 0 saturated heterocycles. The van der Waals surface area contributed by atoms with E-state index in [1.54, 1.807) is 19.1 Å². The lowest BCUT2D eigenvalue weighted by atomic mass is 9.88. The van der Waals surface area contributed by atoms with E-state index in [0.29, 0.717) is 18.0 Å². The minimum atomic E-state index is -0.204. The summed E-state index contributed by atoms with van der Waals surface area (Å²) in [7, 11) is 0. The standard InChI is InChI=1S/C13H16FNO/c1-9(2)12(7-15-8-16)11-4-5-13(14)10(3)6-11/h4-6,9,12H,7H2,1-3H3. The van der Waals surface area contributed by atoms with Gasteiger partial charge in [-0.1, -0.05) is 26.0 Å². The Labute approximate surface area is 95.2 Å². The molecule has 1 rings (SSSR count). The first kappa shape index (κ1) is 12.6. The van der Waals surface area contributed by atoms with Crippen molar-refractivity contribution in [2.24, 2.45) is 10.9 Å². The fraction of sp³-hybridized carbons (Fsp3) is 0.462. The highest BCUT2D eigenvalue weighted by Gasteiger charge is 2.16. The van der Waals surface area contributed by atoms with Crippen LogP contribution in [0.2, 0.25) is 0 Å². The largest absolute Gasteiger partial charge is 0.234 e. The average Bonchev–Trinajstić information content (AvgIpc) is 2.23. The van der Waals surface area contributed by atoms with Crippen LogP contribution in [0.15, 0.2) is 23.2 Å². The van der Waals surface area contributed by atoms with Crippen molar-refractivity contribution >= 4 is 6.08 Å². The monoisotopic (exact) mass is 221 g/mol. The van der Waals surface area contributed by atoms with Gasteiger partial charge in [-0.2, -0.15) is 0 Å². The van der Waals surface area contributed by atoms with Crippen molar-refractivity contribution < 1.29 is 9.18 Å². The first-order chi connectivity index (χ1) is 7.56. The van der Waals surface area contributed by atoms with Crippen molar-refractivity contribution in [2.75, 3.05) is 6.54 Å². The predicted molar refractivity (Wildman–Crippen MR) is 61.7 cm³/mol. The van der Waals surface area contributed by atoms with Gasteiger partial charge in [0.25, 0.3) is 0 Å². The average molecular weight is 221 g/mol. The predicted octanol–water partition coefficient (Wildman–Crippen LogP) is 3.21. The van der Waals surface area contributed by atoms with E-state index in [1.165, 1.54) is 6.07 Å². The van der Waals surface area contributed by atoms with E-state index < -0.39 is 0 Å². The molecule has 1 aromatic rings. The Kier molecular flexibility index (Phi) is 4.39. The van der Waals surface area contributed by atoms with E-state index >= 15 is 0 Å². The summed E-state index contributed by atoms with van der Waals surface area (Å²) in [5, 5.41) is 0. The Morgan fingerprint density at radius 3 is 2.62 bits per heavy atom. The summed E-state index contributed by atoms with van der Waals surface area (Å²) in [5.74, 6) is 0.285. The highest BCUT2D eigenvalue weighted by molar-refractivity contribution is 5.34. The van der Waals surface area contributed by atoms with E-state index in [-0.39, 0.29) is 11.7 Å². The maximum Gasteiger partial charge on any atom is 0.234 e. The number of nitrogens with zero attached hydrogens (tertiary/aromatic N) is 1. The molecule has 0 fully saturated rings. The van der Waals surface area contributed by atoms with Gasteiger partial charge < -0.3 is 0 Å². The van der Waals surface area contributed by atoms with Gasteiger partial charge in [0.05, 0.1) is 6.54 Å². The lowest BCUT2D eigenvalue weighted by Crippen LogP contribution is -2.10. The smallest absolute Gasteiger partial charge is 0.211 e. The number of hydrogen-bond acceptors (Lipinski definition) is 2. The molecule has 1 aromatic carbocycles. The zero-order chi connectivity index (χ0) is 12.1. The van der Waals surface area contributed by atoms with Crippen LogP contribution in [-0.4, -0.2) is 12.6 Å². The lowest BCUT2D eigenvalue weighted by Gasteiger charge is -2.19. The number of aryl methyl sites for hydroxylation is 1. The van der Waals surface area contributed by atoms with E-state index in [4.69, 9.17) is 0 Å². The van der Waals surface area contributed by atoms with Gasteiger partial charge in [0, 0.05) is 5.92 Å². The van der Waals surface area contributed by atoms with Gasteiger partial charge in [-0.05, 0) is 30.0 Å². The van der Waals surface area contributed by atoms with Gasteiger partial charge >= 0.3 is 0 Å². The van der Waals surface area contributed by atoms with Crippen LogP contribution < -0.4 is 0 Å². The van der Waals surface area contributed by atoms with Crippen LogP contribution in [0.25, 0.3) is 0 Å². The molecule has 1 atom stereocenters. The normalized spacial score (nSPS) is 12.3. The summed E-state index contributed by atoms with van der Waals surface area (Å²) in [5.41, 5.74) is 1.64. The van der Waals surface area contributed by atoms with E-state index in [1.807, 2.05) is 6.07 Å². The number of hydrogen-bond donors (Lipinski definition) is 0. The summed E-state index contributed by atoms with van der Waals surface area (Å²) < 4.78 is 13.1. The Balaban J connectivity index is 3.01. The van der Waals surface area contributed by atoms with Crippen LogP contribution in [0.5, 0.6) is 0 Å². The van der Waals surface area contributed by atoms with Gasteiger partial charge in [-0.15, -0.1) is 0 Å². The fourth-order valence-corrected chi connectivity index (χ4v) is 1.74. The Morgan fingerprint density at radius 1 is 1.44 bits per heavy atom. The Bertz CT molecular complexity index is 408. The molecule has 0 saturated carbocycles. The molecule has 16 heavy (non-hydrogen) atoms. The first-order valence-corrected chi connectivity index (χ1v) is 5.36. The van der Waals surface area contributed by atoms with Gasteiger partial charge in [0.15, 0.2) is 0 Å². The lowest BCUT2D eigenvalue weighted by molar-refractivity contribution is 0.500. The number of benzene rings is 1. The molecule has 2 nitrogen and oxygen atoms in total. The summed E-state index contributed by atoms with van der Waals surface area (Å²) in [6, 6.07) is 5.04. The molecular weight excluding hydrogens is 205 g/mol. The Morgan fingerprint density at radius 2 is 2.12 bits per heavy atom. The van der Waals surface area contributed by atoms with E-state index in [9.17, 15) is 9.18 Å². The molecule has 0 aliphatic heterocycles. The zero-order valence-electron chi connectivity index (χ0n) is 9.83. The van der Waals surface area contributed by atoms with Gasteiger partial charge in [0.2, 0.25) is 6.08 Å². The minimum absolute atomic E-state index is 0.140. The molecule has 0 aliphatic carbocycles. The molecular formula is C13H16FNO. The van der Waals surface area contributed by atoms with Crippen molar-refractivity contribution in [3.05, 3.63) is 35.1 Å². The zero-order valence-corrected chi connectivity index (χ0v) is 9.83. The molecule has 3 heteroatoms. The van der Waals surface area contributed by atoms with Crippen molar-refractivity contribution in [1.29, 1.82) is 0 Å². The van der Waals surface area contributed by atoms with E-state index in [2.05, 4.69) is 18.8 Å². The highest BCUT2D eigenvalue weighted by Crippen LogP contribution is 2.26. The van der Waals surface area contributed by atoms with Crippen molar-refractivity contribution in [1.82, 2.24) is 0 Å². The molecule has 0 aliphatic rings. The van der Waals surface area contributed by atoms with E-state index in [0.717, 1.165) is 5.56 Å². The van der Waals surface area contributed by atoms with Gasteiger partial charge in [-0.3, -0.25) is 0 Å². The summed E-state index contributed by atoms with van der Waals surface area (Å²) in [4.78, 5) is 13.8. The van der Waals surface area contributed by atoms with Crippen molar-refractivity contribution in [3.8, 4) is 0 Å². The number of rotatable bonds is 4. The molecule has 0 N–H and O–H groups in total. The highest BCUT2D eigenvalue weighted by atomic mass is 19.1. The van der Waals surface area contributed by atoms with Crippen molar-refractivity contribution in [2.45, 2.75) is 26.7 Å². The van der Waals surface area contributed by atoms with Crippen LogP contribution in [0.3, 0.4) is 0 Å². The molecule has 0 amide bonds. The SMILES string of the molecule is Cc1cc(C(CN=C=O)C(C)C)ccc1F. The summed E-state index contributed by atoms with van der Waals surface area (Å²) in [6.07, 6.45) is 1.55. The van der Waals surface area contributed by atoms with Gasteiger partial charge in [0.1, 0.15) is 5.82 Å². The number of halogens is 1. The van der Waals surface area contributed by atoms with Crippen LogP contribution in [0, 0.1) is 18.7 Å². The maximum absolute atomic E-state index is 13.1. The Hall–Kier alpha value is -1.47. The molecule has 0 spiro atoms. The van der Waals surface area contributed by atoms with Crippen LogP contribution in [0.1, 0.15) is 30.9 Å². The molecule has 0 heterocycles. The second kappa shape index (κ2) is 5.57. The third kappa shape index (κ3) is 3.01. The van der Waals surface area contributed by atoms with Crippen LogP contribution in [0.4, 0.5) is 4.39 Å². The van der Waals surface area contributed by atoms with Crippen molar-refractivity contribution in [3.63, 3.8) is 0 Å². The molecule has 86 valence electrons. The summed E-state index contributed by atoms with van der Waals surface area (Å²) in [6.45, 7) is 6.26. The number of aliphatic imine (C=N–C) groups is 1.